The number of rotatable bonds is 2. The largest absolute Gasteiger partial charge is 0.398 e. The van der Waals surface area contributed by atoms with E-state index in [2.05, 4.69) is 0 Å². The summed E-state index contributed by atoms with van der Waals surface area (Å²) in [5.41, 5.74) is 7.66. The SMILES string of the molecule is CC(=O)C(=N)c1ccc(C)cc1N. The van der Waals surface area contributed by atoms with Crippen LogP contribution in [0.3, 0.4) is 0 Å². The number of nitrogen functional groups attached to an aromatic ring is 1. The highest BCUT2D eigenvalue weighted by Gasteiger charge is 2.09. The van der Waals surface area contributed by atoms with Gasteiger partial charge in [0.15, 0.2) is 5.78 Å². The Bertz CT molecular complexity index is 369. The maximum atomic E-state index is 10.9. The fraction of sp³-hybridized carbons (Fsp3) is 0.200. The quantitative estimate of drug-likeness (QED) is 0.530. The van der Waals surface area contributed by atoms with Crippen LogP contribution in [0.4, 0.5) is 5.69 Å². The highest BCUT2D eigenvalue weighted by Crippen LogP contribution is 2.14. The number of carbonyl (C=O) groups is 1. The summed E-state index contributed by atoms with van der Waals surface area (Å²) in [5, 5.41) is 7.47. The van der Waals surface area contributed by atoms with Gasteiger partial charge in [-0.3, -0.25) is 10.2 Å². The van der Waals surface area contributed by atoms with Crippen molar-refractivity contribution in [3.8, 4) is 0 Å². The standard InChI is InChI=1S/C10H12N2O/c1-6-3-4-8(9(11)5-6)10(12)7(2)13/h3-5,12H,11H2,1-2H3. The first-order valence-electron chi connectivity index (χ1n) is 3.98. The summed E-state index contributed by atoms with van der Waals surface area (Å²) in [4.78, 5) is 10.9. The van der Waals surface area contributed by atoms with E-state index in [0.29, 0.717) is 11.3 Å². The molecule has 0 spiro atoms. The molecule has 3 N–H and O–H groups in total. The van der Waals surface area contributed by atoms with Gasteiger partial charge in [-0.25, -0.2) is 0 Å². The summed E-state index contributed by atoms with van der Waals surface area (Å²) in [7, 11) is 0. The summed E-state index contributed by atoms with van der Waals surface area (Å²) in [6.07, 6.45) is 0. The van der Waals surface area contributed by atoms with E-state index in [1.165, 1.54) is 6.92 Å². The second kappa shape index (κ2) is 3.39. The van der Waals surface area contributed by atoms with E-state index in [-0.39, 0.29) is 11.5 Å². The number of aryl methyl sites for hydroxylation is 1. The van der Waals surface area contributed by atoms with Crippen LogP contribution in [-0.2, 0) is 4.79 Å². The first-order valence-corrected chi connectivity index (χ1v) is 3.98. The van der Waals surface area contributed by atoms with E-state index in [1.54, 1.807) is 12.1 Å². The third kappa shape index (κ3) is 1.93. The van der Waals surface area contributed by atoms with Gasteiger partial charge < -0.3 is 5.73 Å². The lowest BCUT2D eigenvalue weighted by Gasteiger charge is -2.04. The van der Waals surface area contributed by atoms with Crippen LogP contribution in [0.25, 0.3) is 0 Å². The van der Waals surface area contributed by atoms with Crippen molar-refractivity contribution < 1.29 is 4.79 Å². The van der Waals surface area contributed by atoms with Crippen LogP contribution < -0.4 is 5.73 Å². The zero-order chi connectivity index (χ0) is 10.0. The number of hydrogen-bond donors (Lipinski definition) is 2. The molecule has 1 aromatic rings. The van der Waals surface area contributed by atoms with Crippen LogP contribution in [0.15, 0.2) is 18.2 Å². The Kier molecular flexibility index (Phi) is 2.46. The third-order valence-electron chi connectivity index (χ3n) is 1.83. The number of nitrogens with one attached hydrogen (secondary N) is 1. The first kappa shape index (κ1) is 9.45. The Morgan fingerprint density at radius 2 is 2.08 bits per heavy atom. The van der Waals surface area contributed by atoms with Crippen molar-refractivity contribution in [2.75, 3.05) is 5.73 Å². The van der Waals surface area contributed by atoms with Crippen LogP contribution in [0.1, 0.15) is 18.1 Å². The van der Waals surface area contributed by atoms with E-state index in [0.717, 1.165) is 5.56 Å². The molecule has 0 amide bonds. The van der Waals surface area contributed by atoms with Crippen molar-refractivity contribution in [1.82, 2.24) is 0 Å². The minimum Gasteiger partial charge on any atom is -0.398 e. The summed E-state index contributed by atoms with van der Waals surface area (Å²) in [5.74, 6) is -0.268. The number of hydrogen-bond acceptors (Lipinski definition) is 3. The molecule has 0 bridgehead atoms. The molecule has 1 aromatic carbocycles. The first-order chi connectivity index (χ1) is 6.02. The average Bonchev–Trinajstić information content (AvgIpc) is 2.03. The molecule has 0 radical (unpaired) electrons. The zero-order valence-electron chi connectivity index (χ0n) is 7.72. The number of Topliss-reactive ketones (excluding diaryl/α,β-unsaturated/α-hetero) is 1. The second-order valence-electron chi connectivity index (χ2n) is 3.02. The molecular formula is C10H12N2O. The smallest absolute Gasteiger partial charge is 0.178 e. The Morgan fingerprint density at radius 3 is 2.54 bits per heavy atom. The molecule has 0 aliphatic heterocycles. The molecule has 13 heavy (non-hydrogen) atoms. The lowest BCUT2D eigenvalue weighted by atomic mass is 10.0. The zero-order valence-corrected chi connectivity index (χ0v) is 7.72. The highest BCUT2D eigenvalue weighted by molar-refractivity contribution is 6.45. The highest BCUT2D eigenvalue weighted by atomic mass is 16.1. The van der Waals surface area contributed by atoms with Crippen LogP contribution in [0.5, 0.6) is 0 Å². The lowest BCUT2D eigenvalue weighted by molar-refractivity contribution is -0.111. The normalized spacial score (nSPS) is 9.69. The van der Waals surface area contributed by atoms with Gasteiger partial charge in [0.1, 0.15) is 5.71 Å². The lowest BCUT2D eigenvalue weighted by Crippen LogP contribution is -2.12. The molecular weight excluding hydrogens is 164 g/mol. The van der Waals surface area contributed by atoms with Crippen molar-refractivity contribution in [2.45, 2.75) is 13.8 Å². The van der Waals surface area contributed by atoms with Crippen molar-refractivity contribution >= 4 is 17.2 Å². The van der Waals surface area contributed by atoms with Crippen molar-refractivity contribution in [3.05, 3.63) is 29.3 Å². The molecule has 0 unspecified atom stereocenters. The van der Waals surface area contributed by atoms with E-state index in [9.17, 15) is 4.79 Å². The van der Waals surface area contributed by atoms with Crippen LogP contribution in [0, 0.1) is 12.3 Å². The molecule has 0 fully saturated rings. The van der Waals surface area contributed by atoms with Gasteiger partial charge >= 0.3 is 0 Å². The van der Waals surface area contributed by atoms with Crippen molar-refractivity contribution in [3.63, 3.8) is 0 Å². The average molecular weight is 176 g/mol. The molecule has 68 valence electrons. The summed E-state index contributed by atoms with van der Waals surface area (Å²) >= 11 is 0. The number of carbonyl (C=O) groups excluding carboxylic acids is 1. The molecule has 0 saturated heterocycles. The van der Waals surface area contributed by atoms with E-state index in [4.69, 9.17) is 11.1 Å². The van der Waals surface area contributed by atoms with Gasteiger partial charge in [0, 0.05) is 18.2 Å². The Morgan fingerprint density at radius 1 is 1.46 bits per heavy atom. The predicted molar refractivity (Wildman–Crippen MR) is 53.1 cm³/mol. The Hall–Kier alpha value is -1.64. The third-order valence-corrected chi connectivity index (χ3v) is 1.83. The maximum Gasteiger partial charge on any atom is 0.178 e. The molecule has 1 rings (SSSR count). The molecule has 0 aliphatic carbocycles. The molecule has 3 nitrogen and oxygen atoms in total. The minimum atomic E-state index is -0.268. The van der Waals surface area contributed by atoms with Crippen LogP contribution >= 0.6 is 0 Å². The molecule has 3 heteroatoms. The monoisotopic (exact) mass is 176 g/mol. The van der Waals surface area contributed by atoms with Gasteiger partial charge in [-0.15, -0.1) is 0 Å². The second-order valence-corrected chi connectivity index (χ2v) is 3.02. The van der Waals surface area contributed by atoms with Gasteiger partial charge in [0.25, 0.3) is 0 Å². The van der Waals surface area contributed by atoms with E-state index in [1.807, 2.05) is 13.0 Å². The maximum absolute atomic E-state index is 10.9. The Labute approximate surface area is 77.1 Å². The van der Waals surface area contributed by atoms with Crippen molar-refractivity contribution in [2.24, 2.45) is 0 Å². The van der Waals surface area contributed by atoms with E-state index >= 15 is 0 Å². The number of anilines is 1. The van der Waals surface area contributed by atoms with Gasteiger partial charge in [0.2, 0.25) is 0 Å². The fourth-order valence-corrected chi connectivity index (χ4v) is 1.10. The van der Waals surface area contributed by atoms with Crippen LogP contribution in [-0.4, -0.2) is 11.5 Å². The van der Waals surface area contributed by atoms with E-state index < -0.39 is 0 Å². The van der Waals surface area contributed by atoms with Crippen LogP contribution in [0.2, 0.25) is 0 Å². The minimum absolute atomic E-state index is 0.0301. The topological polar surface area (TPSA) is 66.9 Å². The predicted octanol–water partition coefficient (Wildman–Crippen LogP) is 1.53. The molecule has 0 heterocycles. The molecule has 0 atom stereocenters. The molecule has 0 saturated carbocycles. The van der Waals surface area contributed by atoms with Gasteiger partial charge in [0.05, 0.1) is 0 Å². The summed E-state index contributed by atoms with van der Waals surface area (Å²) in [6.45, 7) is 3.28. The molecule has 0 aliphatic rings. The number of nitrogens with two attached hydrogens (primary N) is 1. The van der Waals surface area contributed by atoms with Gasteiger partial charge in [-0.1, -0.05) is 12.1 Å². The number of ketones is 1. The number of benzene rings is 1. The summed E-state index contributed by atoms with van der Waals surface area (Å²) in [6, 6.07) is 5.30. The Balaban J connectivity index is 3.16. The van der Waals surface area contributed by atoms with Gasteiger partial charge in [-0.2, -0.15) is 0 Å². The molecule has 0 aromatic heterocycles. The van der Waals surface area contributed by atoms with Gasteiger partial charge in [-0.05, 0) is 18.6 Å². The van der Waals surface area contributed by atoms with Crippen molar-refractivity contribution in [1.29, 1.82) is 5.41 Å². The fourth-order valence-electron chi connectivity index (χ4n) is 1.10. The summed E-state index contributed by atoms with van der Waals surface area (Å²) < 4.78 is 0.